The Kier molecular flexibility index (Phi) is 2.70. The third-order valence-electron chi connectivity index (χ3n) is 2.63. The number of likely N-dealkylation sites (N-methyl/N-ethyl adjacent to an activating group) is 1. The number of benzene rings is 1. The van der Waals surface area contributed by atoms with Gasteiger partial charge in [-0.05, 0) is 19.1 Å². The van der Waals surface area contributed by atoms with Crippen LogP contribution in [0.2, 0.25) is 0 Å². The topological polar surface area (TPSA) is 75.5 Å². The monoisotopic (exact) mass is 221 g/mol. The molecule has 16 heavy (non-hydrogen) atoms. The van der Waals surface area contributed by atoms with Crippen LogP contribution >= 0.6 is 0 Å². The van der Waals surface area contributed by atoms with Gasteiger partial charge < -0.3 is 20.2 Å². The molecule has 86 valence electrons. The number of nitrogens with two attached hydrogens (primary N) is 1. The number of aliphatic hydroxyl groups excluding tert-OH is 1. The predicted octanol–water partition coefficient (Wildman–Crippen LogP) is 1.23. The van der Waals surface area contributed by atoms with Crippen molar-refractivity contribution in [3.05, 3.63) is 18.2 Å². The predicted molar refractivity (Wildman–Crippen MR) is 63.4 cm³/mol. The van der Waals surface area contributed by atoms with Crippen molar-refractivity contribution in [1.29, 1.82) is 0 Å². The second-order valence-electron chi connectivity index (χ2n) is 3.87. The number of hydrogen-bond donors (Lipinski definition) is 2. The van der Waals surface area contributed by atoms with Crippen molar-refractivity contribution in [2.24, 2.45) is 0 Å². The minimum atomic E-state index is -0.0367. The standard InChI is InChI=1S/C11H15N3O2/c1-7(6-15)14(2)11-13-9-4-3-8(12)5-10(9)16-11/h3-5,7,15H,6,12H2,1-2H3. The van der Waals surface area contributed by atoms with Crippen LogP contribution in [0.1, 0.15) is 6.92 Å². The summed E-state index contributed by atoms with van der Waals surface area (Å²) in [6, 6.07) is 5.79. The lowest BCUT2D eigenvalue weighted by Gasteiger charge is -2.20. The Bertz CT molecular complexity index is 495. The van der Waals surface area contributed by atoms with Crippen LogP contribution in [-0.2, 0) is 0 Å². The number of fused-ring (bicyclic) bond motifs is 1. The highest BCUT2D eigenvalue weighted by Gasteiger charge is 2.15. The maximum atomic E-state index is 9.05. The molecule has 3 N–H and O–H groups in total. The molecule has 0 spiro atoms. The molecule has 0 aliphatic rings. The summed E-state index contributed by atoms with van der Waals surface area (Å²) in [6.07, 6.45) is 0. The van der Waals surface area contributed by atoms with E-state index < -0.39 is 0 Å². The highest BCUT2D eigenvalue weighted by molar-refractivity contribution is 5.78. The summed E-state index contributed by atoms with van der Waals surface area (Å²) < 4.78 is 5.56. The number of aliphatic hydroxyl groups is 1. The highest BCUT2D eigenvalue weighted by atomic mass is 16.4. The maximum absolute atomic E-state index is 9.05. The lowest BCUT2D eigenvalue weighted by Crippen LogP contribution is -2.31. The minimum absolute atomic E-state index is 0.0367. The number of nitrogen functional groups attached to an aromatic ring is 1. The fourth-order valence-corrected chi connectivity index (χ4v) is 1.39. The zero-order valence-corrected chi connectivity index (χ0v) is 9.34. The number of hydrogen-bond acceptors (Lipinski definition) is 5. The molecule has 0 aliphatic heterocycles. The van der Waals surface area contributed by atoms with Crippen molar-refractivity contribution in [2.75, 3.05) is 24.3 Å². The first-order chi connectivity index (χ1) is 7.61. The summed E-state index contributed by atoms with van der Waals surface area (Å²) in [7, 11) is 1.83. The van der Waals surface area contributed by atoms with Gasteiger partial charge in [0.15, 0.2) is 5.58 Å². The van der Waals surface area contributed by atoms with Gasteiger partial charge in [-0.15, -0.1) is 0 Å². The summed E-state index contributed by atoms with van der Waals surface area (Å²) in [6.45, 7) is 1.95. The van der Waals surface area contributed by atoms with Crippen LogP contribution in [0.25, 0.3) is 11.1 Å². The first-order valence-corrected chi connectivity index (χ1v) is 5.11. The molecular weight excluding hydrogens is 206 g/mol. The molecule has 0 saturated carbocycles. The van der Waals surface area contributed by atoms with E-state index in [1.807, 2.05) is 20.0 Å². The van der Waals surface area contributed by atoms with Crippen LogP contribution < -0.4 is 10.6 Å². The molecule has 0 bridgehead atoms. The third kappa shape index (κ3) is 1.81. The van der Waals surface area contributed by atoms with E-state index >= 15 is 0 Å². The third-order valence-corrected chi connectivity index (χ3v) is 2.63. The van der Waals surface area contributed by atoms with Crippen molar-refractivity contribution in [3.63, 3.8) is 0 Å². The zero-order chi connectivity index (χ0) is 11.7. The molecule has 5 nitrogen and oxygen atoms in total. The number of rotatable bonds is 3. The van der Waals surface area contributed by atoms with Crippen LogP contribution in [-0.4, -0.2) is 29.8 Å². The van der Waals surface area contributed by atoms with Crippen molar-refractivity contribution in [2.45, 2.75) is 13.0 Å². The van der Waals surface area contributed by atoms with Gasteiger partial charge in [-0.2, -0.15) is 4.98 Å². The molecule has 0 fully saturated rings. The van der Waals surface area contributed by atoms with E-state index in [9.17, 15) is 0 Å². The Morgan fingerprint density at radius 3 is 3.00 bits per heavy atom. The normalized spacial score (nSPS) is 12.9. The van der Waals surface area contributed by atoms with E-state index in [-0.39, 0.29) is 12.6 Å². The molecule has 0 aliphatic carbocycles. The molecule has 0 radical (unpaired) electrons. The quantitative estimate of drug-likeness (QED) is 0.762. The van der Waals surface area contributed by atoms with E-state index in [1.54, 1.807) is 17.0 Å². The van der Waals surface area contributed by atoms with Gasteiger partial charge >= 0.3 is 0 Å². The Labute approximate surface area is 93.5 Å². The van der Waals surface area contributed by atoms with Crippen LogP contribution in [0.15, 0.2) is 22.6 Å². The van der Waals surface area contributed by atoms with E-state index in [0.717, 1.165) is 5.52 Å². The maximum Gasteiger partial charge on any atom is 0.298 e. The Hall–Kier alpha value is -1.75. The molecule has 0 saturated heterocycles. The molecule has 1 atom stereocenters. The molecule has 1 heterocycles. The van der Waals surface area contributed by atoms with Crippen molar-refractivity contribution < 1.29 is 9.52 Å². The van der Waals surface area contributed by atoms with Gasteiger partial charge in [0.05, 0.1) is 12.6 Å². The molecule has 2 rings (SSSR count). The SMILES string of the molecule is CC(CO)N(C)c1nc2ccc(N)cc2o1. The van der Waals surface area contributed by atoms with E-state index in [2.05, 4.69) is 4.98 Å². The highest BCUT2D eigenvalue weighted by Crippen LogP contribution is 2.23. The lowest BCUT2D eigenvalue weighted by atomic mass is 10.3. The molecule has 1 aromatic heterocycles. The van der Waals surface area contributed by atoms with Crippen LogP contribution in [0.5, 0.6) is 0 Å². The summed E-state index contributed by atoms with van der Waals surface area (Å²) >= 11 is 0. The fraction of sp³-hybridized carbons (Fsp3) is 0.364. The van der Waals surface area contributed by atoms with Crippen molar-refractivity contribution in [3.8, 4) is 0 Å². The Morgan fingerprint density at radius 1 is 1.56 bits per heavy atom. The zero-order valence-electron chi connectivity index (χ0n) is 9.34. The van der Waals surface area contributed by atoms with Gasteiger partial charge in [0, 0.05) is 18.8 Å². The smallest absolute Gasteiger partial charge is 0.298 e. The summed E-state index contributed by atoms with van der Waals surface area (Å²) in [4.78, 5) is 6.10. The number of anilines is 2. The van der Waals surface area contributed by atoms with Crippen LogP contribution in [0.3, 0.4) is 0 Å². The summed E-state index contributed by atoms with van der Waals surface area (Å²) in [5.41, 5.74) is 7.72. The Balaban J connectivity index is 2.39. The summed E-state index contributed by atoms with van der Waals surface area (Å²) in [5, 5.41) is 9.05. The minimum Gasteiger partial charge on any atom is -0.423 e. The van der Waals surface area contributed by atoms with Gasteiger partial charge in [0.2, 0.25) is 0 Å². The molecule has 2 aromatic rings. The first kappa shape index (κ1) is 10.8. The molecule has 5 heteroatoms. The lowest BCUT2D eigenvalue weighted by molar-refractivity contribution is 0.267. The largest absolute Gasteiger partial charge is 0.423 e. The van der Waals surface area contributed by atoms with Crippen molar-refractivity contribution in [1.82, 2.24) is 4.98 Å². The summed E-state index contributed by atoms with van der Waals surface area (Å²) in [5.74, 6) is 0. The van der Waals surface area contributed by atoms with Crippen LogP contribution in [0.4, 0.5) is 11.7 Å². The fourth-order valence-electron chi connectivity index (χ4n) is 1.39. The number of nitrogens with zero attached hydrogens (tertiary/aromatic N) is 2. The molecule has 1 unspecified atom stereocenters. The van der Waals surface area contributed by atoms with Gasteiger partial charge in [0.25, 0.3) is 6.01 Å². The van der Waals surface area contributed by atoms with E-state index in [1.165, 1.54) is 0 Å². The molecule has 1 aromatic carbocycles. The number of oxazole rings is 1. The van der Waals surface area contributed by atoms with Crippen LogP contribution in [0, 0.1) is 0 Å². The van der Waals surface area contributed by atoms with E-state index in [4.69, 9.17) is 15.3 Å². The van der Waals surface area contributed by atoms with E-state index in [0.29, 0.717) is 17.3 Å². The average Bonchev–Trinajstić information content (AvgIpc) is 2.69. The second kappa shape index (κ2) is 4.02. The first-order valence-electron chi connectivity index (χ1n) is 5.11. The Morgan fingerprint density at radius 2 is 2.31 bits per heavy atom. The second-order valence-corrected chi connectivity index (χ2v) is 3.87. The van der Waals surface area contributed by atoms with Gasteiger partial charge in [-0.1, -0.05) is 0 Å². The van der Waals surface area contributed by atoms with Gasteiger partial charge in [-0.3, -0.25) is 0 Å². The van der Waals surface area contributed by atoms with Gasteiger partial charge in [-0.25, -0.2) is 0 Å². The van der Waals surface area contributed by atoms with Crippen molar-refractivity contribution >= 4 is 22.8 Å². The molecule has 0 amide bonds. The molecular formula is C11H15N3O2. The van der Waals surface area contributed by atoms with Gasteiger partial charge in [0.1, 0.15) is 5.52 Å². The number of aromatic nitrogens is 1. The average molecular weight is 221 g/mol.